The molecule has 1 aromatic carbocycles. The maximum atomic E-state index is 13.3. The molecule has 9 nitrogen and oxygen atoms in total. The summed E-state index contributed by atoms with van der Waals surface area (Å²) in [6.45, 7) is 3.11. The zero-order valence-corrected chi connectivity index (χ0v) is 16.7. The highest BCUT2D eigenvalue weighted by molar-refractivity contribution is 7.90. The molecule has 3 heterocycles. The second-order valence-electron chi connectivity index (χ2n) is 6.21. The number of aromatic nitrogens is 2. The van der Waals surface area contributed by atoms with E-state index in [9.17, 15) is 8.42 Å². The standard InChI is InChI=1S/C18H20N4O3S.CH2O2/c1-25-14-4-2-5-15(12-14)26(23,24)22-13-17(21-10-8-19-9-11-21)18-16(22)6-3-7-20-18;2-1-3/h2-7,12-13,19H,8-11H2,1H3;1H,(H,2,3). The molecule has 0 saturated carbocycles. The molecule has 1 aliphatic heterocycles. The fourth-order valence-corrected chi connectivity index (χ4v) is 4.61. The maximum Gasteiger partial charge on any atom is 0.290 e. The van der Waals surface area contributed by atoms with Gasteiger partial charge in [-0.2, -0.15) is 0 Å². The number of hydrogen-bond acceptors (Lipinski definition) is 7. The van der Waals surface area contributed by atoms with Crippen LogP contribution in [0.2, 0.25) is 0 Å². The molecule has 4 rings (SSSR count). The summed E-state index contributed by atoms with van der Waals surface area (Å²) in [5, 5.41) is 10.2. The largest absolute Gasteiger partial charge is 0.497 e. The number of nitrogens with one attached hydrogen (secondary N) is 1. The van der Waals surface area contributed by atoms with Gasteiger partial charge in [-0.1, -0.05) is 6.07 Å². The summed E-state index contributed by atoms with van der Waals surface area (Å²) in [6, 6.07) is 10.0. The minimum Gasteiger partial charge on any atom is -0.497 e. The van der Waals surface area contributed by atoms with Gasteiger partial charge in [0.2, 0.25) is 0 Å². The fourth-order valence-electron chi connectivity index (χ4n) is 3.22. The first kappa shape index (κ1) is 20.6. The summed E-state index contributed by atoms with van der Waals surface area (Å²) in [7, 11) is -2.24. The number of nitrogens with zero attached hydrogens (tertiary/aromatic N) is 3. The lowest BCUT2D eigenvalue weighted by molar-refractivity contribution is -0.122. The van der Waals surface area contributed by atoms with Crippen molar-refractivity contribution < 1.29 is 23.1 Å². The van der Waals surface area contributed by atoms with Crippen LogP contribution < -0.4 is 15.0 Å². The fraction of sp³-hybridized carbons (Fsp3) is 0.263. The monoisotopic (exact) mass is 418 g/mol. The van der Waals surface area contributed by atoms with Gasteiger partial charge in [-0.15, -0.1) is 0 Å². The van der Waals surface area contributed by atoms with Crippen LogP contribution in [0, 0.1) is 0 Å². The number of fused-ring (bicyclic) bond motifs is 1. The van der Waals surface area contributed by atoms with Gasteiger partial charge in [0.25, 0.3) is 16.5 Å². The second-order valence-corrected chi connectivity index (χ2v) is 8.02. The minimum atomic E-state index is -3.76. The second kappa shape index (κ2) is 8.93. The van der Waals surface area contributed by atoms with Crippen LogP contribution in [0.1, 0.15) is 0 Å². The molecule has 29 heavy (non-hydrogen) atoms. The molecule has 3 aromatic rings. The number of methoxy groups -OCH3 is 1. The number of carboxylic acid groups (broad SMARTS) is 1. The van der Waals surface area contributed by atoms with Crippen molar-refractivity contribution >= 4 is 33.2 Å². The quantitative estimate of drug-likeness (QED) is 0.611. The maximum absolute atomic E-state index is 13.3. The summed E-state index contributed by atoms with van der Waals surface area (Å²) in [5.74, 6) is 0.503. The highest BCUT2D eigenvalue weighted by Crippen LogP contribution is 2.31. The van der Waals surface area contributed by atoms with Gasteiger partial charge in [-0.3, -0.25) is 9.78 Å². The van der Waals surface area contributed by atoms with Gasteiger partial charge in [0.05, 0.1) is 23.2 Å². The van der Waals surface area contributed by atoms with Crippen LogP contribution in [-0.4, -0.2) is 62.2 Å². The van der Waals surface area contributed by atoms with Crippen LogP contribution >= 0.6 is 0 Å². The molecule has 10 heteroatoms. The predicted octanol–water partition coefficient (Wildman–Crippen LogP) is 1.39. The molecule has 1 fully saturated rings. The first-order chi connectivity index (χ1) is 14.0. The number of rotatable bonds is 4. The van der Waals surface area contributed by atoms with E-state index in [1.807, 2.05) is 0 Å². The highest BCUT2D eigenvalue weighted by atomic mass is 32.2. The Kier molecular flexibility index (Phi) is 6.35. The van der Waals surface area contributed by atoms with E-state index in [0.29, 0.717) is 16.8 Å². The third-order valence-electron chi connectivity index (χ3n) is 4.56. The molecule has 0 bridgehead atoms. The van der Waals surface area contributed by atoms with Gasteiger partial charge in [0.1, 0.15) is 11.3 Å². The summed E-state index contributed by atoms with van der Waals surface area (Å²) < 4.78 is 33.0. The van der Waals surface area contributed by atoms with E-state index in [2.05, 4.69) is 15.2 Å². The Bertz CT molecular complexity index is 1090. The Morgan fingerprint density at radius 2 is 1.93 bits per heavy atom. The van der Waals surface area contributed by atoms with Gasteiger partial charge in [-0.05, 0) is 24.3 Å². The zero-order valence-electron chi connectivity index (χ0n) is 15.9. The molecule has 0 radical (unpaired) electrons. The molecule has 0 aliphatic carbocycles. The molecule has 154 valence electrons. The Morgan fingerprint density at radius 3 is 2.62 bits per heavy atom. The van der Waals surface area contributed by atoms with E-state index < -0.39 is 10.0 Å². The lowest BCUT2D eigenvalue weighted by Crippen LogP contribution is -2.43. The van der Waals surface area contributed by atoms with Gasteiger partial charge in [-0.25, -0.2) is 12.4 Å². The van der Waals surface area contributed by atoms with Crippen molar-refractivity contribution in [3.05, 3.63) is 48.8 Å². The summed E-state index contributed by atoms with van der Waals surface area (Å²) in [4.78, 5) is 15.2. The van der Waals surface area contributed by atoms with Crippen LogP contribution in [0.3, 0.4) is 0 Å². The highest BCUT2D eigenvalue weighted by Gasteiger charge is 2.25. The molecular weight excluding hydrogens is 396 g/mol. The number of anilines is 1. The van der Waals surface area contributed by atoms with Gasteiger partial charge >= 0.3 is 0 Å². The minimum absolute atomic E-state index is 0.185. The van der Waals surface area contributed by atoms with E-state index in [1.54, 1.807) is 42.7 Å². The Hall–Kier alpha value is -3.11. The van der Waals surface area contributed by atoms with E-state index in [4.69, 9.17) is 14.6 Å². The van der Waals surface area contributed by atoms with Crippen molar-refractivity contribution in [2.45, 2.75) is 4.90 Å². The first-order valence-electron chi connectivity index (χ1n) is 8.92. The Labute approximate surface area is 168 Å². The van der Waals surface area contributed by atoms with Crippen molar-refractivity contribution in [1.82, 2.24) is 14.3 Å². The number of carbonyl (C=O) groups is 1. The van der Waals surface area contributed by atoms with Crippen LogP contribution in [0.25, 0.3) is 11.0 Å². The van der Waals surface area contributed by atoms with Crippen molar-refractivity contribution in [3.8, 4) is 5.75 Å². The molecule has 2 N–H and O–H groups in total. The first-order valence-corrected chi connectivity index (χ1v) is 10.4. The molecule has 0 spiro atoms. The molecule has 2 aromatic heterocycles. The van der Waals surface area contributed by atoms with Crippen LogP contribution in [0.4, 0.5) is 5.69 Å². The molecular formula is C19H22N4O5S. The molecule has 1 aliphatic rings. The average molecular weight is 418 g/mol. The summed E-state index contributed by atoms with van der Waals surface area (Å²) in [6.07, 6.45) is 3.37. The van der Waals surface area contributed by atoms with Crippen LogP contribution in [-0.2, 0) is 14.8 Å². The molecule has 0 amide bonds. The van der Waals surface area contributed by atoms with Crippen LogP contribution in [0.5, 0.6) is 5.75 Å². The van der Waals surface area contributed by atoms with E-state index in [0.717, 1.165) is 31.9 Å². The number of ether oxygens (including phenoxy) is 1. The predicted molar refractivity (Wildman–Crippen MR) is 109 cm³/mol. The molecule has 1 saturated heterocycles. The van der Waals surface area contributed by atoms with E-state index >= 15 is 0 Å². The van der Waals surface area contributed by atoms with Crippen molar-refractivity contribution in [2.24, 2.45) is 0 Å². The van der Waals surface area contributed by atoms with Gasteiger partial charge in [0, 0.05) is 44.6 Å². The molecule has 0 atom stereocenters. The van der Waals surface area contributed by atoms with Gasteiger partial charge in [0.15, 0.2) is 0 Å². The lowest BCUT2D eigenvalue weighted by Gasteiger charge is -2.28. The van der Waals surface area contributed by atoms with E-state index in [-0.39, 0.29) is 11.4 Å². The number of pyridine rings is 1. The number of benzene rings is 1. The van der Waals surface area contributed by atoms with Crippen molar-refractivity contribution in [3.63, 3.8) is 0 Å². The third-order valence-corrected chi connectivity index (χ3v) is 6.23. The smallest absolute Gasteiger partial charge is 0.290 e. The van der Waals surface area contributed by atoms with Crippen LogP contribution in [0.15, 0.2) is 53.7 Å². The average Bonchev–Trinajstić information content (AvgIpc) is 3.15. The number of hydrogen-bond donors (Lipinski definition) is 2. The SMILES string of the molecule is COc1cccc(S(=O)(=O)n2cc(N3CCNCC3)c3ncccc32)c1.O=CO. The summed E-state index contributed by atoms with van der Waals surface area (Å²) in [5.41, 5.74) is 2.11. The number of piperazine rings is 1. The Balaban J connectivity index is 0.000000755. The zero-order chi connectivity index (χ0) is 20.9. The summed E-state index contributed by atoms with van der Waals surface area (Å²) >= 11 is 0. The third kappa shape index (κ3) is 4.17. The topological polar surface area (TPSA) is 114 Å². The van der Waals surface area contributed by atoms with Crippen molar-refractivity contribution in [1.29, 1.82) is 0 Å². The van der Waals surface area contributed by atoms with Gasteiger partial charge < -0.3 is 20.1 Å². The molecule has 0 unspecified atom stereocenters. The van der Waals surface area contributed by atoms with Crippen molar-refractivity contribution in [2.75, 3.05) is 38.2 Å². The lowest BCUT2D eigenvalue weighted by atomic mass is 10.3. The van der Waals surface area contributed by atoms with E-state index in [1.165, 1.54) is 17.1 Å². The Morgan fingerprint density at radius 1 is 1.21 bits per heavy atom. The normalized spacial score (nSPS) is 14.2.